The average Bonchev–Trinajstić information content (AvgIpc) is 3.30. The van der Waals surface area contributed by atoms with Crippen LogP contribution in [0.1, 0.15) is 47.6 Å². The van der Waals surface area contributed by atoms with Crippen molar-refractivity contribution in [2.24, 2.45) is 0 Å². The highest BCUT2D eigenvalue weighted by molar-refractivity contribution is 5.63. The van der Waals surface area contributed by atoms with E-state index in [2.05, 4.69) is 21.9 Å². The van der Waals surface area contributed by atoms with E-state index in [1.165, 1.54) is 40.8 Å². The first kappa shape index (κ1) is 18.1. The standard InChI is InChI=1S/C24H29FN2O/c25-20-4-1-17(2-5-20)7-11-26-12-9-21(10-13-26)27-14-8-19-15-18-3-6-24(28)22(18)16-23(19)27/h1-2,4-5,15-16,21,24,28H,3,6-14H2. The SMILES string of the molecule is OC1CCc2cc3c(cc21)N(C1CCN(CCc2ccc(F)cc2)CC1)CC3. The van der Waals surface area contributed by atoms with E-state index in [-0.39, 0.29) is 11.9 Å². The highest BCUT2D eigenvalue weighted by Crippen LogP contribution is 2.40. The summed E-state index contributed by atoms with van der Waals surface area (Å²) in [5.41, 5.74) is 6.60. The first-order valence-electron chi connectivity index (χ1n) is 10.7. The Morgan fingerprint density at radius 1 is 0.929 bits per heavy atom. The third-order valence-corrected chi connectivity index (χ3v) is 6.95. The summed E-state index contributed by atoms with van der Waals surface area (Å²) >= 11 is 0. The molecule has 1 saturated heterocycles. The lowest BCUT2D eigenvalue weighted by Crippen LogP contribution is -2.45. The number of benzene rings is 2. The van der Waals surface area contributed by atoms with Gasteiger partial charge in [0.15, 0.2) is 0 Å². The van der Waals surface area contributed by atoms with Crippen LogP contribution in [0.2, 0.25) is 0 Å². The predicted octanol–water partition coefficient (Wildman–Crippen LogP) is 3.87. The maximum absolute atomic E-state index is 13.0. The van der Waals surface area contributed by atoms with Crippen LogP contribution in [0.5, 0.6) is 0 Å². The highest BCUT2D eigenvalue weighted by atomic mass is 19.1. The van der Waals surface area contributed by atoms with Gasteiger partial charge in [-0.25, -0.2) is 4.39 Å². The Hall–Kier alpha value is -1.91. The molecular weight excluding hydrogens is 351 g/mol. The second kappa shape index (κ2) is 7.49. The van der Waals surface area contributed by atoms with E-state index >= 15 is 0 Å². The molecule has 1 aliphatic carbocycles. The van der Waals surface area contributed by atoms with Gasteiger partial charge in [-0.3, -0.25) is 0 Å². The summed E-state index contributed by atoms with van der Waals surface area (Å²) in [5.74, 6) is -0.159. The van der Waals surface area contributed by atoms with Gasteiger partial charge in [0.1, 0.15) is 5.82 Å². The van der Waals surface area contributed by atoms with Gasteiger partial charge in [-0.1, -0.05) is 18.2 Å². The molecule has 0 spiro atoms. The number of aliphatic hydroxyl groups excluding tert-OH is 1. The van der Waals surface area contributed by atoms with Crippen molar-refractivity contribution in [3.63, 3.8) is 0 Å². The van der Waals surface area contributed by atoms with Crippen LogP contribution < -0.4 is 4.90 Å². The van der Waals surface area contributed by atoms with E-state index < -0.39 is 0 Å². The normalized spacial score (nSPS) is 22.5. The third-order valence-electron chi connectivity index (χ3n) is 6.95. The molecule has 1 N–H and O–H groups in total. The van der Waals surface area contributed by atoms with Crippen LogP contribution in [-0.2, 0) is 19.3 Å². The monoisotopic (exact) mass is 380 g/mol. The topological polar surface area (TPSA) is 26.7 Å². The van der Waals surface area contributed by atoms with Gasteiger partial charge in [-0.15, -0.1) is 0 Å². The number of fused-ring (bicyclic) bond motifs is 2. The fourth-order valence-corrected chi connectivity index (χ4v) is 5.28. The average molecular weight is 381 g/mol. The number of halogens is 1. The molecule has 2 heterocycles. The number of aryl methyl sites for hydroxylation is 1. The van der Waals surface area contributed by atoms with Crippen molar-refractivity contribution < 1.29 is 9.50 Å². The van der Waals surface area contributed by atoms with Gasteiger partial charge < -0.3 is 14.9 Å². The fraction of sp³-hybridized carbons (Fsp3) is 0.500. The van der Waals surface area contributed by atoms with E-state index in [0.29, 0.717) is 6.04 Å². The van der Waals surface area contributed by atoms with Crippen molar-refractivity contribution >= 4 is 5.69 Å². The first-order valence-corrected chi connectivity index (χ1v) is 10.7. The largest absolute Gasteiger partial charge is 0.388 e. The van der Waals surface area contributed by atoms with Gasteiger partial charge in [0.05, 0.1) is 6.10 Å². The van der Waals surface area contributed by atoms with E-state index in [1.54, 1.807) is 12.1 Å². The number of likely N-dealkylation sites (tertiary alicyclic amines) is 1. The molecule has 2 aromatic carbocycles. The Labute approximate surface area is 166 Å². The van der Waals surface area contributed by atoms with Crippen molar-refractivity contribution in [3.8, 4) is 0 Å². The molecule has 0 saturated carbocycles. The molecule has 1 atom stereocenters. The minimum atomic E-state index is -0.268. The molecule has 3 nitrogen and oxygen atoms in total. The molecule has 0 bridgehead atoms. The van der Waals surface area contributed by atoms with Gasteiger partial charge in [-0.05, 0) is 79.0 Å². The van der Waals surface area contributed by atoms with E-state index in [0.717, 1.165) is 51.9 Å². The van der Waals surface area contributed by atoms with Gasteiger partial charge in [-0.2, -0.15) is 0 Å². The second-order valence-corrected chi connectivity index (χ2v) is 8.63. The lowest BCUT2D eigenvalue weighted by atomic mass is 10.0. The Bertz CT molecular complexity index is 842. The minimum Gasteiger partial charge on any atom is -0.388 e. The van der Waals surface area contributed by atoms with Crippen LogP contribution >= 0.6 is 0 Å². The number of hydrogen-bond acceptors (Lipinski definition) is 3. The van der Waals surface area contributed by atoms with Crippen LogP contribution in [0.25, 0.3) is 0 Å². The van der Waals surface area contributed by atoms with E-state index in [4.69, 9.17) is 0 Å². The molecule has 2 aromatic rings. The molecule has 148 valence electrons. The Morgan fingerprint density at radius 3 is 2.50 bits per heavy atom. The zero-order valence-electron chi connectivity index (χ0n) is 16.4. The zero-order chi connectivity index (χ0) is 19.1. The smallest absolute Gasteiger partial charge is 0.123 e. The molecule has 1 unspecified atom stereocenters. The molecule has 0 radical (unpaired) electrons. The van der Waals surface area contributed by atoms with Crippen LogP contribution in [0.4, 0.5) is 10.1 Å². The number of anilines is 1. The Kier molecular flexibility index (Phi) is 4.85. The van der Waals surface area contributed by atoms with Crippen LogP contribution in [0.15, 0.2) is 36.4 Å². The van der Waals surface area contributed by atoms with E-state index in [9.17, 15) is 9.50 Å². The number of piperidine rings is 1. The summed E-state index contributed by atoms with van der Waals surface area (Å²) in [5, 5.41) is 10.3. The number of nitrogens with zero attached hydrogens (tertiary/aromatic N) is 2. The molecule has 0 aromatic heterocycles. The van der Waals surface area contributed by atoms with Gasteiger partial charge >= 0.3 is 0 Å². The van der Waals surface area contributed by atoms with Crippen molar-refractivity contribution in [1.82, 2.24) is 4.90 Å². The summed E-state index contributed by atoms with van der Waals surface area (Å²) < 4.78 is 13.0. The molecule has 5 rings (SSSR count). The highest BCUT2D eigenvalue weighted by Gasteiger charge is 2.31. The van der Waals surface area contributed by atoms with Crippen molar-refractivity contribution in [1.29, 1.82) is 0 Å². The zero-order valence-corrected chi connectivity index (χ0v) is 16.4. The predicted molar refractivity (Wildman–Crippen MR) is 110 cm³/mol. The van der Waals surface area contributed by atoms with Crippen molar-refractivity contribution in [3.05, 3.63) is 64.5 Å². The summed E-state index contributed by atoms with van der Waals surface area (Å²) in [6.45, 7) is 4.43. The molecule has 4 heteroatoms. The minimum absolute atomic E-state index is 0.159. The molecular formula is C24H29FN2O. The molecule has 2 aliphatic heterocycles. The van der Waals surface area contributed by atoms with Crippen molar-refractivity contribution in [2.45, 2.75) is 50.7 Å². The van der Waals surface area contributed by atoms with Gasteiger partial charge in [0, 0.05) is 37.9 Å². The quantitative estimate of drug-likeness (QED) is 0.872. The van der Waals surface area contributed by atoms with Gasteiger partial charge in [0.2, 0.25) is 0 Å². The number of hydrogen-bond donors (Lipinski definition) is 1. The molecule has 28 heavy (non-hydrogen) atoms. The second-order valence-electron chi connectivity index (χ2n) is 8.63. The number of rotatable bonds is 4. The Morgan fingerprint density at radius 2 is 1.71 bits per heavy atom. The van der Waals surface area contributed by atoms with Crippen LogP contribution in [0.3, 0.4) is 0 Å². The fourth-order valence-electron chi connectivity index (χ4n) is 5.28. The Balaban J connectivity index is 1.19. The van der Waals surface area contributed by atoms with Gasteiger partial charge in [0.25, 0.3) is 0 Å². The summed E-state index contributed by atoms with van der Waals surface area (Å²) in [6, 6.07) is 12.2. The summed E-state index contributed by atoms with van der Waals surface area (Å²) in [6.07, 6.45) is 6.16. The van der Waals surface area contributed by atoms with Crippen molar-refractivity contribution in [2.75, 3.05) is 31.1 Å². The number of aliphatic hydroxyl groups is 1. The first-order chi connectivity index (χ1) is 13.7. The lowest BCUT2D eigenvalue weighted by Gasteiger charge is -2.38. The summed E-state index contributed by atoms with van der Waals surface area (Å²) in [7, 11) is 0. The van der Waals surface area contributed by atoms with Crippen LogP contribution in [-0.4, -0.2) is 42.2 Å². The molecule has 0 amide bonds. The summed E-state index contributed by atoms with van der Waals surface area (Å²) in [4.78, 5) is 5.15. The molecule has 3 aliphatic rings. The lowest BCUT2D eigenvalue weighted by molar-refractivity contribution is 0.180. The maximum atomic E-state index is 13.0. The third kappa shape index (κ3) is 3.44. The maximum Gasteiger partial charge on any atom is 0.123 e. The molecule has 1 fully saturated rings. The van der Waals surface area contributed by atoms with Crippen LogP contribution in [0, 0.1) is 5.82 Å². The van der Waals surface area contributed by atoms with E-state index in [1.807, 2.05) is 12.1 Å².